The minimum absolute atomic E-state index is 0.422. The summed E-state index contributed by atoms with van der Waals surface area (Å²) in [4.78, 5) is 12.4. The van der Waals surface area contributed by atoms with Crippen LogP contribution in [0.4, 0.5) is 13.2 Å². The van der Waals surface area contributed by atoms with Gasteiger partial charge < -0.3 is 4.98 Å². The number of alkyl halides is 2. The molecule has 0 atom stereocenters. The summed E-state index contributed by atoms with van der Waals surface area (Å²) in [6.45, 7) is 0. The number of rotatable bonds is 1. The van der Waals surface area contributed by atoms with Crippen molar-refractivity contribution in [3.05, 3.63) is 33.0 Å². The zero-order valence-electron chi connectivity index (χ0n) is 5.57. The highest BCUT2D eigenvalue weighted by Gasteiger charge is 2.14. The Morgan fingerprint density at radius 2 is 2.08 bits per heavy atom. The van der Waals surface area contributed by atoms with Crippen molar-refractivity contribution in [2.45, 2.75) is 6.43 Å². The summed E-state index contributed by atoms with van der Waals surface area (Å²) in [6.07, 6.45) is -3.00. The van der Waals surface area contributed by atoms with E-state index >= 15 is 0 Å². The predicted molar refractivity (Wildman–Crippen MR) is 37.0 cm³/mol. The minimum atomic E-state index is -3.00. The highest BCUT2D eigenvalue weighted by molar-refractivity contribution is 6.29. The van der Waals surface area contributed by atoms with E-state index in [4.69, 9.17) is 11.6 Å². The van der Waals surface area contributed by atoms with Crippen LogP contribution in [0.5, 0.6) is 0 Å². The van der Waals surface area contributed by atoms with Crippen LogP contribution >= 0.6 is 11.6 Å². The SMILES string of the molecule is O=c1[nH]c(Cl)c(F)cc1C(F)F. The van der Waals surface area contributed by atoms with Crippen LogP contribution in [0.1, 0.15) is 12.0 Å². The van der Waals surface area contributed by atoms with Gasteiger partial charge in [-0.15, -0.1) is 0 Å². The lowest BCUT2D eigenvalue weighted by molar-refractivity contribution is 0.149. The van der Waals surface area contributed by atoms with Gasteiger partial charge in [-0.3, -0.25) is 4.79 Å². The Kier molecular flexibility index (Phi) is 2.42. The molecule has 0 unspecified atom stereocenters. The zero-order chi connectivity index (χ0) is 9.30. The number of hydrogen-bond acceptors (Lipinski definition) is 1. The molecular weight excluding hydrogens is 195 g/mol. The molecule has 0 saturated heterocycles. The third-order valence-electron chi connectivity index (χ3n) is 1.21. The van der Waals surface area contributed by atoms with E-state index in [1.807, 2.05) is 0 Å². The van der Waals surface area contributed by atoms with E-state index < -0.39 is 28.5 Å². The maximum Gasteiger partial charge on any atom is 0.269 e. The molecule has 0 bridgehead atoms. The van der Waals surface area contributed by atoms with Gasteiger partial charge in [0.05, 0.1) is 5.56 Å². The molecule has 66 valence electrons. The van der Waals surface area contributed by atoms with Crippen molar-refractivity contribution >= 4 is 11.6 Å². The number of halogens is 4. The van der Waals surface area contributed by atoms with Crippen molar-refractivity contribution in [3.63, 3.8) is 0 Å². The molecule has 0 radical (unpaired) electrons. The maximum absolute atomic E-state index is 12.5. The number of pyridine rings is 1. The molecule has 0 saturated carbocycles. The molecule has 0 aliphatic carbocycles. The average molecular weight is 198 g/mol. The Bertz CT molecular complexity index is 349. The molecule has 0 aliphatic rings. The van der Waals surface area contributed by atoms with E-state index in [1.54, 1.807) is 4.98 Å². The molecule has 1 heterocycles. The Morgan fingerprint density at radius 1 is 1.50 bits per heavy atom. The normalized spacial score (nSPS) is 10.8. The van der Waals surface area contributed by atoms with Gasteiger partial charge in [0.15, 0.2) is 5.82 Å². The lowest BCUT2D eigenvalue weighted by atomic mass is 10.3. The minimum Gasteiger partial charge on any atom is -0.310 e. The average Bonchev–Trinajstić information content (AvgIpc) is 1.96. The van der Waals surface area contributed by atoms with Crippen LogP contribution in [0.15, 0.2) is 10.9 Å². The van der Waals surface area contributed by atoms with Gasteiger partial charge in [0.2, 0.25) is 0 Å². The second kappa shape index (κ2) is 3.18. The van der Waals surface area contributed by atoms with Gasteiger partial charge >= 0.3 is 0 Å². The summed E-state index contributed by atoms with van der Waals surface area (Å²) in [5.74, 6) is -1.06. The first-order valence-corrected chi connectivity index (χ1v) is 3.26. The molecule has 0 aliphatic heterocycles. The van der Waals surface area contributed by atoms with Crippen molar-refractivity contribution in [3.8, 4) is 0 Å². The van der Waals surface area contributed by atoms with Crippen molar-refractivity contribution in [2.24, 2.45) is 0 Å². The van der Waals surface area contributed by atoms with Crippen molar-refractivity contribution < 1.29 is 13.2 Å². The lowest BCUT2D eigenvalue weighted by Crippen LogP contribution is -2.13. The Morgan fingerprint density at radius 3 is 2.58 bits per heavy atom. The van der Waals surface area contributed by atoms with Crippen LogP contribution in [-0.4, -0.2) is 4.98 Å². The predicted octanol–water partition coefficient (Wildman–Crippen LogP) is 2.10. The van der Waals surface area contributed by atoms with Gasteiger partial charge in [0, 0.05) is 0 Å². The van der Waals surface area contributed by atoms with Crippen LogP contribution in [0.25, 0.3) is 0 Å². The second-order valence-corrected chi connectivity index (χ2v) is 2.39. The molecule has 1 aromatic heterocycles. The smallest absolute Gasteiger partial charge is 0.269 e. The van der Waals surface area contributed by atoms with Crippen LogP contribution in [0, 0.1) is 5.82 Å². The molecule has 2 nitrogen and oxygen atoms in total. The van der Waals surface area contributed by atoms with Crippen molar-refractivity contribution in [1.29, 1.82) is 0 Å². The number of hydrogen-bond donors (Lipinski definition) is 1. The topological polar surface area (TPSA) is 32.9 Å². The summed E-state index contributed by atoms with van der Waals surface area (Å²) in [7, 11) is 0. The van der Waals surface area contributed by atoms with Gasteiger partial charge in [0.1, 0.15) is 5.15 Å². The second-order valence-electron chi connectivity index (χ2n) is 2.02. The van der Waals surface area contributed by atoms with Crippen LogP contribution < -0.4 is 5.56 Å². The molecular formula is C6H3ClF3NO. The molecule has 0 aromatic carbocycles. The fourth-order valence-electron chi connectivity index (χ4n) is 0.659. The van der Waals surface area contributed by atoms with Gasteiger partial charge in [0.25, 0.3) is 12.0 Å². The van der Waals surface area contributed by atoms with E-state index in [1.165, 1.54) is 0 Å². The van der Waals surface area contributed by atoms with Crippen LogP contribution in [0.3, 0.4) is 0 Å². The first kappa shape index (κ1) is 9.12. The summed E-state index contributed by atoms with van der Waals surface area (Å²) >= 11 is 5.12. The lowest BCUT2D eigenvalue weighted by Gasteiger charge is -1.98. The van der Waals surface area contributed by atoms with Crippen molar-refractivity contribution in [1.82, 2.24) is 4.98 Å². The summed E-state index contributed by atoms with van der Waals surface area (Å²) in [6, 6.07) is 0.422. The summed E-state index contributed by atoms with van der Waals surface area (Å²) < 4.78 is 36.3. The van der Waals surface area contributed by atoms with Crippen LogP contribution in [0.2, 0.25) is 5.15 Å². The number of H-pyrrole nitrogens is 1. The summed E-state index contributed by atoms with van der Waals surface area (Å²) in [5, 5.41) is -0.565. The number of aromatic nitrogens is 1. The van der Waals surface area contributed by atoms with Crippen molar-refractivity contribution in [2.75, 3.05) is 0 Å². The Hall–Kier alpha value is -0.970. The highest BCUT2D eigenvalue weighted by Crippen LogP contribution is 2.17. The van der Waals surface area contributed by atoms with Crippen LogP contribution in [-0.2, 0) is 0 Å². The number of nitrogens with one attached hydrogen (secondary N) is 1. The molecule has 0 fully saturated rings. The molecule has 12 heavy (non-hydrogen) atoms. The van der Waals surface area contributed by atoms with Gasteiger partial charge in [-0.2, -0.15) is 0 Å². The molecule has 1 aromatic rings. The molecule has 0 amide bonds. The third kappa shape index (κ3) is 1.61. The number of aromatic amines is 1. The molecule has 1 N–H and O–H groups in total. The maximum atomic E-state index is 12.5. The fraction of sp³-hybridized carbons (Fsp3) is 0.167. The molecule has 1 rings (SSSR count). The zero-order valence-corrected chi connectivity index (χ0v) is 6.33. The van der Waals surface area contributed by atoms with E-state index in [9.17, 15) is 18.0 Å². The fourth-order valence-corrected chi connectivity index (χ4v) is 0.799. The quantitative estimate of drug-likeness (QED) is 0.687. The van der Waals surface area contributed by atoms with E-state index in [2.05, 4.69) is 0 Å². The largest absolute Gasteiger partial charge is 0.310 e. The molecule has 0 spiro atoms. The van der Waals surface area contributed by atoms with E-state index in [0.717, 1.165) is 0 Å². The van der Waals surface area contributed by atoms with Gasteiger partial charge in [-0.05, 0) is 6.07 Å². The first-order chi connectivity index (χ1) is 5.52. The Balaban J connectivity index is 3.33. The Labute approximate surface area is 70.0 Å². The summed E-state index contributed by atoms with van der Waals surface area (Å²) in [5.41, 5.74) is -1.99. The molecule has 6 heteroatoms. The monoisotopic (exact) mass is 197 g/mol. The first-order valence-electron chi connectivity index (χ1n) is 2.88. The van der Waals surface area contributed by atoms with E-state index in [-0.39, 0.29) is 0 Å². The highest BCUT2D eigenvalue weighted by atomic mass is 35.5. The van der Waals surface area contributed by atoms with Gasteiger partial charge in [-0.1, -0.05) is 11.6 Å². The van der Waals surface area contributed by atoms with E-state index in [0.29, 0.717) is 6.07 Å². The standard InChI is InChI=1S/C6H3ClF3NO/c7-4-3(8)1-2(5(9)10)6(12)11-4/h1,5H,(H,11,12). The van der Waals surface area contributed by atoms with Gasteiger partial charge in [-0.25, -0.2) is 13.2 Å². The third-order valence-corrected chi connectivity index (χ3v) is 1.49.